The Morgan fingerprint density at radius 3 is 2.26 bits per heavy atom. The van der Waals surface area contributed by atoms with Crippen LogP contribution in [0.1, 0.15) is 57.6 Å². The van der Waals surface area contributed by atoms with E-state index < -0.39 is 16.1 Å². The fourth-order valence-corrected chi connectivity index (χ4v) is 5.53. The smallest absolute Gasteiger partial charge is 0.243 e. The molecule has 11 heteroatoms. The largest absolute Gasteiger partial charge is 0.352 e. The summed E-state index contributed by atoms with van der Waals surface area (Å²) in [5.74, 6) is -0.499. The normalized spacial score (nSPS) is 13.1. The molecule has 0 saturated heterocycles. The summed E-state index contributed by atoms with van der Waals surface area (Å²) in [7, 11) is -3.63. The van der Waals surface area contributed by atoms with Crippen molar-refractivity contribution in [3.05, 3.63) is 62.6 Å². The molecule has 0 aliphatic rings. The Hall–Kier alpha value is -2.00. The summed E-state index contributed by atoms with van der Waals surface area (Å²) in [4.78, 5) is 28.2. The molecule has 2 atom stereocenters. The monoisotopic (exact) mass is 603 g/mol. The van der Waals surface area contributed by atoms with Gasteiger partial charge in [0.15, 0.2) is 0 Å². The third-order valence-electron chi connectivity index (χ3n) is 6.32. The van der Waals surface area contributed by atoms with Crippen LogP contribution in [0.2, 0.25) is 15.1 Å². The summed E-state index contributed by atoms with van der Waals surface area (Å²) >= 11 is 18.4. The number of nitrogens with one attached hydrogen (secondary N) is 1. The molecule has 0 aromatic heterocycles. The van der Waals surface area contributed by atoms with Gasteiger partial charge in [0.05, 0.1) is 22.0 Å². The summed E-state index contributed by atoms with van der Waals surface area (Å²) in [6.07, 6.45) is 2.58. The third kappa shape index (κ3) is 9.04. The van der Waals surface area contributed by atoms with Crippen molar-refractivity contribution in [1.29, 1.82) is 0 Å². The maximum Gasteiger partial charge on any atom is 0.243 e. The first-order chi connectivity index (χ1) is 17.8. The van der Waals surface area contributed by atoms with Gasteiger partial charge >= 0.3 is 0 Å². The standard InChI is InChI=1S/C27H36Cl3N3O4S/c1-6-19(4)31-27(35)24(7-2)32(17-20-11-13-22(29)23(30)15-20)26(34)9-8-14-33(38(5,36)37)25-16-21(28)12-10-18(25)3/h10-13,15-16,19,24H,6-9,14,17H2,1-5H3,(H,31,35)/t19-,24+/m1/s1. The van der Waals surface area contributed by atoms with Crippen LogP contribution in [0.15, 0.2) is 36.4 Å². The number of hydrogen-bond donors (Lipinski definition) is 1. The Balaban J connectivity index is 2.29. The number of halogens is 3. The lowest BCUT2D eigenvalue weighted by atomic mass is 10.1. The van der Waals surface area contributed by atoms with Gasteiger partial charge in [-0.15, -0.1) is 0 Å². The van der Waals surface area contributed by atoms with Gasteiger partial charge in [-0.25, -0.2) is 8.42 Å². The Kier molecular flexibility index (Phi) is 12.2. The van der Waals surface area contributed by atoms with Crippen LogP contribution in [0.4, 0.5) is 5.69 Å². The molecule has 0 fully saturated rings. The first-order valence-corrected chi connectivity index (χ1v) is 15.5. The number of benzene rings is 2. The zero-order chi connectivity index (χ0) is 28.6. The first kappa shape index (κ1) is 32.2. The van der Waals surface area contributed by atoms with E-state index in [0.29, 0.717) is 27.2 Å². The van der Waals surface area contributed by atoms with Gasteiger partial charge in [0.1, 0.15) is 6.04 Å². The van der Waals surface area contributed by atoms with Crippen molar-refractivity contribution >= 4 is 62.3 Å². The fourth-order valence-electron chi connectivity index (χ4n) is 4.03. The van der Waals surface area contributed by atoms with E-state index in [0.717, 1.165) is 23.8 Å². The van der Waals surface area contributed by atoms with Gasteiger partial charge in [-0.1, -0.05) is 60.8 Å². The van der Waals surface area contributed by atoms with E-state index >= 15 is 0 Å². The molecule has 0 saturated carbocycles. The Bertz CT molecular complexity index is 1240. The van der Waals surface area contributed by atoms with Crippen LogP contribution in [0.25, 0.3) is 0 Å². The van der Waals surface area contributed by atoms with Crippen molar-refractivity contribution in [3.63, 3.8) is 0 Å². The fraction of sp³-hybridized carbons (Fsp3) is 0.481. The van der Waals surface area contributed by atoms with Gasteiger partial charge in [0, 0.05) is 30.6 Å². The van der Waals surface area contributed by atoms with Crippen LogP contribution in [0.3, 0.4) is 0 Å². The molecule has 0 unspecified atom stereocenters. The topological polar surface area (TPSA) is 86.8 Å². The molecule has 0 radical (unpaired) electrons. The molecular weight excluding hydrogens is 569 g/mol. The van der Waals surface area contributed by atoms with E-state index in [1.807, 2.05) is 20.8 Å². The van der Waals surface area contributed by atoms with Crippen molar-refractivity contribution in [2.24, 2.45) is 0 Å². The predicted octanol–water partition coefficient (Wildman–Crippen LogP) is 6.22. The molecule has 2 amide bonds. The number of aryl methyl sites for hydroxylation is 1. The van der Waals surface area contributed by atoms with Crippen molar-refractivity contribution in [2.45, 2.75) is 72.0 Å². The lowest BCUT2D eigenvalue weighted by molar-refractivity contribution is -0.141. The van der Waals surface area contributed by atoms with Crippen molar-refractivity contribution in [1.82, 2.24) is 10.2 Å². The molecular formula is C27H36Cl3N3O4S. The zero-order valence-electron chi connectivity index (χ0n) is 22.4. The SMILES string of the molecule is CC[C@@H](C)NC(=O)[C@H](CC)N(Cc1ccc(Cl)c(Cl)c1)C(=O)CCCN(c1cc(Cl)ccc1C)S(C)(=O)=O. The number of sulfonamides is 1. The molecule has 0 aliphatic carbocycles. The second-order valence-corrected chi connectivity index (χ2v) is 12.5. The number of anilines is 1. The summed E-state index contributed by atoms with van der Waals surface area (Å²) < 4.78 is 26.4. The van der Waals surface area contributed by atoms with E-state index in [2.05, 4.69) is 5.32 Å². The van der Waals surface area contributed by atoms with Gasteiger partial charge < -0.3 is 10.2 Å². The number of amides is 2. The van der Waals surface area contributed by atoms with Gasteiger partial charge in [-0.2, -0.15) is 0 Å². The molecule has 1 N–H and O–H groups in total. The molecule has 0 aliphatic heterocycles. The van der Waals surface area contributed by atoms with Crippen LogP contribution in [0.5, 0.6) is 0 Å². The second kappa shape index (κ2) is 14.4. The minimum atomic E-state index is -3.63. The molecule has 7 nitrogen and oxygen atoms in total. The van der Waals surface area contributed by atoms with Gasteiger partial charge in [-0.3, -0.25) is 13.9 Å². The van der Waals surface area contributed by atoms with Crippen LogP contribution in [0, 0.1) is 6.92 Å². The Morgan fingerprint density at radius 2 is 1.68 bits per heavy atom. The van der Waals surface area contributed by atoms with Crippen LogP contribution >= 0.6 is 34.8 Å². The molecule has 0 heterocycles. The molecule has 2 aromatic rings. The highest BCUT2D eigenvalue weighted by Gasteiger charge is 2.29. The third-order valence-corrected chi connectivity index (χ3v) is 8.47. The predicted molar refractivity (Wildman–Crippen MR) is 157 cm³/mol. The van der Waals surface area contributed by atoms with E-state index in [1.54, 1.807) is 43.3 Å². The molecule has 210 valence electrons. The summed E-state index contributed by atoms with van der Waals surface area (Å²) in [6.45, 7) is 7.78. The van der Waals surface area contributed by atoms with Crippen molar-refractivity contribution in [2.75, 3.05) is 17.1 Å². The van der Waals surface area contributed by atoms with E-state index in [4.69, 9.17) is 34.8 Å². The van der Waals surface area contributed by atoms with Crippen LogP contribution in [-0.2, 0) is 26.2 Å². The Labute approximate surface area is 241 Å². The van der Waals surface area contributed by atoms with Crippen molar-refractivity contribution in [3.8, 4) is 0 Å². The van der Waals surface area contributed by atoms with E-state index in [9.17, 15) is 18.0 Å². The number of hydrogen-bond acceptors (Lipinski definition) is 4. The number of nitrogens with zero attached hydrogens (tertiary/aromatic N) is 2. The minimum Gasteiger partial charge on any atom is -0.352 e. The molecule has 2 aromatic carbocycles. The first-order valence-electron chi connectivity index (χ1n) is 12.6. The second-order valence-electron chi connectivity index (χ2n) is 9.38. The lowest BCUT2D eigenvalue weighted by Gasteiger charge is -2.32. The van der Waals surface area contributed by atoms with E-state index in [-0.39, 0.29) is 43.8 Å². The Morgan fingerprint density at radius 1 is 1.00 bits per heavy atom. The number of carbonyl (C=O) groups is 2. The van der Waals surface area contributed by atoms with Gasteiger partial charge in [0.2, 0.25) is 21.8 Å². The van der Waals surface area contributed by atoms with Gasteiger partial charge in [-0.05, 0) is 68.5 Å². The summed E-state index contributed by atoms with van der Waals surface area (Å²) in [5, 5.41) is 4.14. The highest BCUT2D eigenvalue weighted by molar-refractivity contribution is 7.92. The summed E-state index contributed by atoms with van der Waals surface area (Å²) in [5.41, 5.74) is 1.95. The highest BCUT2D eigenvalue weighted by Crippen LogP contribution is 2.27. The number of carbonyl (C=O) groups excluding carboxylic acids is 2. The molecule has 0 spiro atoms. The van der Waals surface area contributed by atoms with Gasteiger partial charge in [0.25, 0.3) is 0 Å². The van der Waals surface area contributed by atoms with E-state index in [1.165, 1.54) is 9.21 Å². The van der Waals surface area contributed by atoms with Crippen molar-refractivity contribution < 1.29 is 18.0 Å². The zero-order valence-corrected chi connectivity index (χ0v) is 25.5. The maximum atomic E-state index is 13.5. The maximum absolute atomic E-state index is 13.5. The van der Waals surface area contributed by atoms with Crippen LogP contribution < -0.4 is 9.62 Å². The minimum absolute atomic E-state index is 0.0391. The van der Waals surface area contributed by atoms with Crippen LogP contribution in [-0.4, -0.2) is 50.0 Å². The average molecular weight is 605 g/mol. The molecule has 0 bridgehead atoms. The molecule has 38 heavy (non-hydrogen) atoms. The lowest BCUT2D eigenvalue weighted by Crippen LogP contribution is -2.50. The highest BCUT2D eigenvalue weighted by atomic mass is 35.5. The quantitative estimate of drug-likeness (QED) is 0.294. The average Bonchev–Trinajstić information content (AvgIpc) is 2.84. The summed E-state index contributed by atoms with van der Waals surface area (Å²) in [6, 6.07) is 9.40. The molecule has 2 rings (SSSR count). The number of rotatable bonds is 13.